The highest BCUT2D eigenvalue weighted by molar-refractivity contribution is 5.90. The maximum absolute atomic E-state index is 12.7. The third-order valence-electron chi connectivity index (χ3n) is 4.95. The van der Waals surface area contributed by atoms with E-state index in [1.165, 1.54) is 0 Å². The van der Waals surface area contributed by atoms with Gasteiger partial charge in [0.1, 0.15) is 5.75 Å². The van der Waals surface area contributed by atoms with E-state index in [1.54, 1.807) is 7.11 Å². The van der Waals surface area contributed by atoms with Gasteiger partial charge in [-0.25, -0.2) is 4.79 Å². The van der Waals surface area contributed by atoms with Gasteiger partial charge in [0, 0.05) is 30.4 Å². The van der Waals surface area contributed by atoms with Gasteiger partial charge in [-0.2, -0.15) is 0 Å². The number of para-hydroxylation sites is 1. The molecule has 0 unspecified atom stereocenters. The summed E-state index contributed by atoms with van der Waals surface area (Å²) in [6.07, 6.45) is 2.18. The molecule has 1 heterocycles. The van der Waals surface area contributed by atoms with Crippen molar-refractivity contribution < 1.29 is 9.53 Å². The van der Waals surface area contributed by atoms with Crippen molar-refractivity contribution >= 4 is 11.7 Å². The van der Waals surface area contributed by atoms with Crippen molar-refractivity contribution in [2.75, 3.05) is 39.6 Å². The summed E-state index contributed by atoms with van der Waals surface area (Å²) in [5.41, 5.74) is 2.83. The zero-order chi connectivity index (χ0) is 18.5. The van der Waals surface area contributed by atoms with Crippen molar-refractivity contribution in [2.24, 2.45) is 0 Å². The Bertz CT molecular complexity index is 760. The van der Waals surface area contributed by atoms with Crippen LogP contribution >= 0.6 is 0 Å². The number of nitrogens with one attached hydrogen (secondary N) is 1. The SMILES string of the molecule is COc1ccccc1-c1cccc(NC(=O)N2CCC[C@@H](N(C)C)C2)c1. The van der Waals surface area contributed by atoms with Crippen molar-refractivity contribution in [3.8, 4) is 16.9 Å². The number of rotatable bonds is 4. The first-order valence-corrected chi connectivity index (χ1v) is 9.04. The first kappa shape index (κ1) is 18.3. The molecule has 2 aromatic carbocycles. The molecule has 0 aliphatic carbocycles. The minimum absolute atomic E-state index is 0.0336. The minimum Gasteiger partial charge on any atom is -0.496 e. The van der Waals surface area contributed by atoms with E-state index in [1.807, 2.05) is 53.4 Å². The van der Waals surface area contributed by atoms with Gasteiger partial charge in [-0.05, 0) is 50.7 Å². The number of piperidine rings is 1. The van der Waals surface area contributed by atoms with Gasteiger partial charge in [0.05, 0.1) is 7.11 Å². The molecule has 0 radical (unpaired) electrons. The summed E-state index contributed by atoms with van der Waals surface area (Å²) in [5, 5.41) is 3.05. The van der Waals surface area contributed by atoms with E-state index in [-0.39, 0.29) is 6.03 Å². The number of hydrogen-bond acceptors (Lipinski definition) is 3. The van der Waals surface area contributed by atoms with Gasteiger partial charge in [-0.15, -0.1) is 0 Å². The molecule has 1 aliphatic rings. The van der Waals surface area contributed by atoms with Crippen molar-refractivity contribution in [1.82, 2.24) is 9.80 Å². The van der Waals surface area contributed by atoms with E-state index >= 15 is 0 Å². The number of hydrogen-bond donors (Lipinski definition) is 1. The molecule has 2 amide bonds. The van der Waals surface area contributed by atoms with Gasteiger partial charge in [-0.3, -0.25) is 0 Å². The Labute approximate surface area is 155 Å². The number of nitrogens with zero attached hydrogens (tertiary/aromatic N) is 2. The lowest BCUT2D eigenvalue weighted by Crippen LogP contribution is -2.48. The molecule has 5 heteroatoms. The number of likely N-dealkylation sites (N-methyl/N-ethyl adjacent to an activating group) is 1. The lowest BCUT2D eigenvalue weighted by Gasteiger charge is -2.36. The zero-order valence-electron chi connectivity index (χ0n) is 15.7. The van der Waals surface area contributed by atoms with Gasteiger partial charge in [-0.1, -0.05) is 30.3 Å². The zero-order valence-corrected chi connectivity index (χ0v) is 15.7. The van der Waals surface area contributed by atoms with Crippen LogP contribution in [-0.2, 0) is 0 Å². The van der Waals surface area contributed by atoms with Crippen LogP contribution in [-0.4, -0.2) is 56.2 Å². The van der Waals surface area contributed by atoms with Gasteiger partial charge < -0.3 is 19.9 Å². The van der Waals surface area contributed by atoms with Gasteiger partial charge in [0.25, 0.3) is 0 Å². The van der Waals surface area contributed by atoms with Crippen LogP contribution in [0.25, 0.3) is 11.1 Å². The first-order valence-electron chi connectivity index (χ1n) is 9.04. The van der Waals surface area contributed by atoms with Crippen LogP contribution in [0.15, 0.2) is 48.5 Å². The number of carbonyl (C=O) groups is 1. The molecule has 0 spiro atoms. The molecule has 0 saturated carbocycles. The summed E-state index contributed by atoms with van der Waals surface area (Å²) < 4.78 is 5.45. The third kappa shape index (κ3) is 4.17. The fourth-order valence-corrected chi connectivity index (χ4v) is 3.41. The van der Waals surface area contributed by atoms with Crippen LogP contribution in [0.3, 0.4) is 0 Å². The van der Waals surface area contributed by atoms with E-state index in [0.717, 1.165) is 48.5 Å². The molecule has 2 aromatic rings. The van der Waals surface area contributed by atoms with Crippen molar-refractivity contribution in [3.05, 3.63) is 48.5 Å². The average molecular weight is 353 g/mol. The molecule has 0 aromatic heterocycles. The van der Waals surface area contributed by atoms with Crippen molar-refractivity contribution in [3.63, 3.8) is 0 Å². The summed E-state index contributed by atoms with van der Waals surface area (Å²) in [7, 11) is 5.81. The van der Waals surface area contributed by atoms with E-state index < -0.39 is 0 Å². The highest BCUT2D eigenvalue weighted by atomic mass is 16.5. The molecule has 1 saturated heterocycles. The summed E-state index contributed by atoms with van der Waals surface area (Å²) in [5.74, 6) is 0.820. The Morgan fingerprint density at radius 1 is 1.19 bits per heavy atom. The summed E-state index contributed by atoms with van der Waals surface area (Å²) in [6.45, 7) is 1.58. The molecule has 26 heavy (non-hydrogen) atoms. The molecular formula is C21H27N3O2. The average Bonchev–Trinajstić information content (AvgIpc) is 2.68. The van der Waals surface area contributed by atoms with Crippen LogP contribution in [0.2, 0.25) is 0 Å². The highest BCUT2D eigenvalue weighted by Crippen LogP contribution is 2.31. The maximum Gasteiger partial charge on any atom is 0.321 e. The Balaban J connectivity index is 1.73. The summed E-state index contributed by atoms with van der Waals surface area (Å²) in [6, 6.07) is 16.2. The fraction of sp³-hybridized carbons (Fsp3) is 0.381. The standard InChI is InChI=1S/C21H27N3O2/c1-23(2)18-10-7-13-24(15-18)21(25)22-17-9-6-8-16(14-17)19-11-4-5-12-20(19)26-3/h4-6,8-9,11-12,14,18H,7,10,13,15H2,1-3H3,(H,22,25)/t18-/m1/s1. The Hall–Kier alpha value is -2.53. The molecule has 138 valence electrons. The predicted octanol–water partition coefficient (Wildman–Crippen LogP) is 3.92. The molecule has 0 bridgehead atoms. The number of anilines is 1. The number of urea groups is 1. The summed E-state index contributed by atoms with van der Waals surface area (Å²) in [4.78, 5) is 16.8. The Kier molecular flexibility index (Phi) is 5.78. The molecule has 1 atom stereocenters. The predicted molar refractivity (Wildman–Crippen MR) is 106 cm³/mol. The Morgan fingerprint density at radius 3 is 2.77 bits per heavy atom. The number of ether oxygens (including phenoxy) is 1. The van der Waals surface area contributed by atoms with Crippen LogP contribution in [0.1, 0.15) is 12.8 Å². The molecule has 1 aliphatic heterocycles. The van der Waals surface area contributed by atoms with E-state index in [0.29, 0.717) is 6.04 Å². The van der Waals surface area contributed by atoms with Crippen LogP contribution in [0.4, 0.5) is 10.5 Å². The second-order valence-electron chi connectivity index (χ2n) is 6.92. The number of amides is 2. The third-order valence-corrected chi connectivity index (χ3v) is 4.95. The largest absolute Gasteiger partial charge is 0.496 e. The van der Waals surface area contributed by atoms with Gasteiger partial charge >= 0.3 is 6.03 Å². The lowest BCUT2D eigenvalue weighted by molar-refractivity contribution is 0.148. The highest BCUT2D eigenvalue weighted by Gasteiger charge is 2.24. The van der Waals surface area contributed by atoms with Crippen LogP contribution in [0, 0.1) is 0 Å². The number of carbonyl (C=O) groups excluding carboxylic acids is 1. The van der Waals surface area contributed by atoms with Crippen LogP contribution in [0.5, 0.6) is 5.75 Å². The fourth-order valence-electron chi connectivity index (χ4n) is 3.41. The van der Waals surface area contributed by atoms with E-state index in [9.17, 15) is 4.79 Å². The normalized spacial score (nSPS) is 17.2. The molecular weight excluding hydrogens is 326 g/mol. The van der Waals surface area contributed by atoms with Gasteiger partial charge in [0.2, 0.25) is 0 Å². The summed E-state index contributed by atoms with van der Waals surface area (Å²) >= 11 is 0. The number of methoxy groups -OCH3 is 1. The Morgan fingerprint density at radius 2 is 2.00 bits per heavy atom. The number of benzene rings is 2. The van der Waals surface area contributed by atoms with E-state index in [4.69, 9.17) is 4.74 Å². The quantitative estimate of drug-likeness (QED) is 0.906. The first-order chi connectivity index (χ1) is 12.6. The van der Waals surface area contributed by atoms with Gasteiger partial charge in [0.15, 0.2) is 0 Å². The maximum atomic E-state index is 12.7. The molecule has 5 nitrogen and oxygen atoms in total. The monoisotopic (exact) mass is 353 g/mol. The van der Waals surface area contributed by atoms with Crippen molar-refractivity contribution in [1.29, 1.82) is 0 Å². The molecule has 1 N–H and O–H groups in total. The molecule has 3 rings (SSSR count). The van der Waals surface area contributed by atoms with Crippen LogP contribution < -0.4 is 10.1 Å². The second-order valence-corrected chi connectivity index (χ2v) is 6.92. The lowest BCUT2D eigenvalue weighted by atomic mass is 10.0. The van der Waals surface area contributed by atoms with Crippen molar-refractivity contribution in [2.45, 2.75) is 18.9 Å². The second kappa shape index (κ2) is 8.23. The van der Waals surface area contributed by atoms with E-state index in [2.05, 4.69) is 24.3 Å². The smallest absolute Gasteiger partial charge is 0.321 e. The minimum atomic E-state index is -0.0336. The topological polar surface area (TPSA) is 44.8 Å². The number of likely N-dealkylation sites (tertiary alicyclic amines) is 1. The molecule has 1 fully saturated rings.